The van der Waals surface area contributed by atoms with Crippen LogP contribution in [0.2, 0.25) is 0 Å². The van der Waals surface area contributed by atoms with E-state index in [-0.39, 0.29) is 5.91 Å². The Morgan fingerprint density at radius 3 is 2.58 bits per heavy atom. The second-order valence-electron chi connectivity index (χ2n) is 7.47. The Morgan fingerprint density at radius 1 is 1.19 bits per heavy atom. The largest absolute Gasteiger partial charge is 0.493 e. The number of ether oxygens (including phenoxy) is 2. The van der Waals surface area contributed by atoms with Crippen molar-refractivity contribution in [3.8, 4) is 11.5 Å². The van der Waals surface area contributed by atoms with Crippen LogP contribution in [0.4, 0.5) is 0 Å². The van der Waals surface area contributed by atoms with Gasteiger partial charge in [0, 0.05) is 12.1 Å². The molecule has 1 aromatic carbocycles. The van der Waals surface area contributed by atoms with Crippen molar-refractivity contribution in [1.29, 1.82) is 0 Å². The molecule has 1 fully saturated rings. The minimum atomic E-state index is -0.0203. The molecule has 4 heteroatoms. The van der Waals surface area contributed by atoms with Gasteiger partial charge in [0.2, 0.25) is 5.91 Å². The van der Waals surface area contributed by atoms with Crippen LogP contribution in [-0.2, 0) is 4.79 Å². The molecule has 0 radical (unpaired) electrons. The topological polar surface area (TPSA) is 47.6 Å². The summed E-state index contributed by atoms with van der Waals surface area (Å²) in [6.07, 6.45) is 11.6. The lowest BCUT2D eigenvalue weighted by molar-refractivity contribution is -0.117. The third kappa shape index (κ3) is 7.11. The Hall–Kier alpha value is -1.97. The number of hydrogen-bond acceptors (Lipinski definition) is 3. The van der Waals surface area contributed by atoms with E-state index < -0.39 is 0 Å². The zero-order chi connectivity index (χ0) is 18.8. The summed E-state index contributed by atoms with van der Waals surface area (Å²) in [6, 6.07) is 6.08. The first kappa shape index (κ1) is 20.3. The summed E-state index contributed by atoms with van der Waals surface area (Å²) in [5.74, 6) is 2.02. The highest BCUT2D eigenvalue weighted by Crippen LogP contribution is 2.29. The zero-order valence-corrected chi connectivity index (χ0v) is 16.4. The van der Waals surface area contributed by atoms with Gasteiger partial charge in [0.05, 0.1) is 13.7 Å². The summed E-state index contributed by atoms with van der Waals surface area (Å²) < 4.78 is 11.2. The average molecular weight is 360 g/mol. The van der Waals surface area contributed by atoms with Gasteiger partial charge in [-0.3, -0.25) is 4.79 Å². The van der Waals surface area contributed by atoms with E-state index in [1.54, 1.807) is 13.2 Å². The molecule has 1 aliphatic carbocycles. The molecule has 0 unspecified atom stereocenters. The van der Waals surface area contributed by atoms with Gasteiger partial charge in [-0.25, -0.2) is 0 Å². The highest BCUT2D eigenvalue weighted by Gasteiger charge is 2.13. The fourth-order valence-electron chi connectivity index (χ4n) is 3.16. The van der Waals surface area contributed by atoms with Crippen LogP contribution in [0.25, 0.3) is 6.08 Å². The molecular formula is C22H33NO3. The van der Waals surface area contributed by atoms with Gasteiger partial charge >= 0.3 is 0 Å². The maximum Gasteiger partial charge on any atom is 0.244 e. The quantitative estimate of drug-likeness (QED) is 0.526. The summed E-state index contributed by atoms with van der Waals surface area (Å²) >= 11 is 0. The van der Waals surface area contributed by atoms with Crippen molar-refractivity contribution in [2.45, 2.75) is 64.8 Å². The molecule has 0 saturated heterocycles. The van der Waals surface area contributed by atoms with Crippen LogP contribution >= 0.6 is 0 Å². The number of carbonyl (C=O) groups excluding carboxylic acids is 1. The molecule has 1 saturated carbocycles. The SMILES string of the molecule is COc1cc(/C=C/C(=O)NC2CCCCCC2)ccc1OCCC(C)C. The molecule has 1 aliphatic rings. The van der Waals surface area contributed by atoms with E-state index in [4.69, 9.17) is 9.47 Å². The molecule has 4 nitrogen and oxygen atoms in total. The zero-order valence-electron chi connectivity index (χ0n) is 16.4. The molecule has 0 bridgehead atoms. The Labute approximate surface area is 158 Å². The molecule has 26 heavy (non-hydrogen) atoms. The molecule has 1 aromatic rings. The van der Waals surface area contributed by atoms with E-state index in [1.165, 1.54) is 25.7 Å². The number of carbonyl (C=O) groups is 1. The Bertz CT molecular complexity index is 587. The fraction of sp³-hybridized carbons (Fsp3) is 0.591. The van der Waals surface area contributed by atoms with Crippen molar-refractivity contribution in [2.75, 3.05) is 13.7 Å². The van der Waals surface area contributed by atoms with Crippen LogP contribution in [-0.4, -0.2) is 25.7 Å². The second-order valence-corrected chi connectivity index (χ2v) is 7.47. The molecule has 0 atom stereocenters. The Balaban J connectivity index is 1.91. The molecule has 0 spiro atoms. The van der Waals surface area contributed by atoms with Crippen molar-refractivity contribution in [3.05, 3.63) is 29.8 Å². The molecule has 1 N–H and O–H groups in total. The first-order valence-electron chi connectivity index (χ1n) is 9.88. The monoisotopic (exact) mass is 359 g/mol. The standard InChI is InChI=1S/C22H33NO3/c1-17(2)14-15-26-20-12-10-18(16-21(20)25-3)11-13-22(24)23-19-8-6-4-5-7-9-19/h10-13,16-17,19H,4-9,14-15H2,1-3H3,(H,23,24)/b13-11+. The van der Waals surface area contributed by atoms with Gasteiger partial charge < -0.3 is 14.8 Å². The van der Waals surface area contributed by atoms with Crippen LogP contribution in [0.5, 0.6) is 11.5 Å². The van der Waals surface area contributed by atoms with Crippen molar-refractivity contribution in [1.82, 2.24) is 5.32 Å². The number of amides is 1. The fourth-order valence-corrected chi connectivity index (χ4v) is 3.16. The van der Waals surface area contributed by atoms with E-state index >= 15 is 0 Å². The maximum absolute atomic E-state index is 12.2. The van der Waals surface area contributed by atoms with Crippen molar-refractivity contribution in [2.24, 2.45) is 5.92 Å². The van der Waals surface area contributed by atoms with E-state index in [1.807, 2.05) is 24.3 Å². The van der Waals surface area contributed by atoms with Crippen LogP contribution in [0.1, 0.15) is 64.4 Å². The van der Waals surface area contributed by atoms with E-state index in [0.29, 0.717) is 24.3 Å². The van der Waals surface area contributed by atoms with Gasteiger partial charge in [0.15, 0.2) is 11.5 Å². The van der Waals surface area contributed by atoms with Crippen molar-refractivity contribution >= 4 is 12.0 Å². The van der Waals surface area contributed by atoms with Crippen LogP contribution in [0.15, 0.2) is 24.3 Å². The maximum atomic E-state index is 12.2. The number of nitrogens with one attached hydrogen (secondary N) is 1. The summed E-state index contributed by atoms with van der Waals surface area (Å²) in [5.41, 5.74) is 0.925. The van der Waals surface area contributed by atoms with E-state index in [0.717, 1.165) is 30.6 Å². The average Bonchev–Trinajstić information content (AvgIpc) is 2.89. The molecule has 1 amide bonds. The molecule has 0 aliphatic heterocycles. The van der Waals surface area contributed by atoms with Gasteiger partial charge in [-0.2, -0.15) is 0 Å². The summed E-state index contributed by atoms with van der Waals surface area (Å²) in [6.45, 7) is 5.02. The highest BCUT2D eigenvalue weighted by molar-refractivity contribution is 5.92. The second kappa shape index (κ2) is 10.9. The van der Waals surface area contributed by atoms with E-state index in [2.05, 4.69) is 19.2 Å². The van der Waals surface area contributed by atoms with Crippen LogP contribution in [0, 0.1) is 5.92 Å². The van der Waals surface area contributed by atoms with Crippen molar-refractivity contribution < 1.29 is 14.3 Å². The van der Waals surface area contributed by atoms with Gasteiger partial charge in [0.1, 0.15) is 0 Å². The third-order valence-electron chi connectivity index (χ3n) is 4.77. The van der Waals surface area contributed by atoms with Gasteiger partial charge in [-0.1, -0.05) is 45.6 Å². The molecule has 144 valence electrons. The third-order valence-corrected chi connectivity index (χ3v) is 4.77. The number of methoxy groups -OCH3 is 1. The molecule has 0 heterocycles. The Kier molecular flexibility index (Phi) is 8.52. The van der Waals surface area contributed by atoms with Gasteiger partial charge in [0.25, 0.3) is 0 Å². The lowest BCUT2D eigenvalue weighted by Gasteiger charge is -2.14. The minimum absolute atomic E-state index is 0.0203. The summed E-state index contributed by atoms with van der Waals surface area (Å²) in [5, 5.41) is 3.13. The number of benzene rings is 1. The molecule has 0 aromatic heterocycles. The lowest BCUT2D eigenvalue weighted by Crippen LogP contribution is -2.33. The van der Waals surface area contributed by atoms with Crippen LogP contribution < -0.4 is 14.8 Å². The highest BCUT2D eigenvalue weighted by atomic mass is 16.5. The lowest BCUT2D eigenvalue weighted by atomic mass is 10.1. The van der Waals surface area contributed by atoms with E-state index in [9.17, 15) is 4.79 Å². The predicted molar refractivity (Wildman–Crippen MR) is 107 cm³/mol. The summed E-state index contributed by atoms with van der Waals surface area (Å²) in [4.78, 5) is 12.2. The number of rotatable bonds is 8. The first-order valence-corrected chi connectivity index (χ1v) is 9.88. The minimum Gasteiger partial charge on any atom is -0.493 e. The van der Waals surface area contributed by atoms with Crippen LogP contribution in [0.3, 0.4) is 0 Å². The molecule has 2 rings (SSSR count). The Morgan fingerprint density at radius 2 is 1.92 bits per heavy atom. The normalized spacial score (nSPS) is 15.8. The van der Waals surface area contributed by atoms with Gasteiger partial charge in [-0.05, 0) is 49.0 Å². The smallest absolute Gasteiger partial charge is 0.244 e. The van der Waals surface area contributed by atoms with Crippen molar-refractivity contribution in [3.63, 3.8) is 0 Å². The molecular weight excluding hydrogens is 326 g/mol. The summed E-state index contributed by atoms with van der Waals surface area (Å²) in [7, 11) is 1.64. The first-order chi connectivity index (χ1) is 12.6. The van der Waals surface area contributed by atoms with Gasteiger partial charge in [-0.15, -0.1) is 0 Å². The number of hydrogen-bond donors (Lipinski definition) is 1. The predicted octanol–water partition coefficient (Wildman–Crippen LogP) is 4.97.